The molecule has 0 atom stereocenters. The van der Waals surface area contributed by atoms with Crippen LogP contribution in [-0.4, -0.2) is 32.1 Å². The third-order valence-corrected chi connectivity index (χ3v) is 2.85. The van der Waals surface area contributed by atoms with Gasteiger partial charge >= 0.3 is 0 Å². The van der Waals surface area contributed by atoms with Crippen LogP contribution in [-0.2, 0) is 16.6 Å². The third-order valence-electron chi connectivity index (χ3n) is 2.85. The van der Waals surface area contributed by atoms with E-state index in [-0.39, 0.29) is 11.3 Å². The molecule has 4 heteroatoms. The standard InChI is InChI=1S/C15H24N2O2/c1-15(2,3)12-7-8-13(19-6)11(9-12)10-14(18)16-17(4)5/h7-9H,10H2,1-6H3,(H,16,18). The zero-order valence-corrected chi connectivity index (χ0v) is 12.7. The zero-order chi connectivity index (χ0) is 14.6. The molecular weight excluding hydrogens is 240 g/mol. The van der Waals surface area contributed by atoms with Gasteiger partial charge in [0.2, 0.25) is 5.91 Å². The lowest BCUT2D eigenvalue weighted by atomic mass is 9.85. The minimum absolute atomic E-state index is 0.0469. The SMILES string of the molecule is COc1ccc(C(C)(C)C)cc1CC(=O)NN(C)C. The second-order valence-corrected chi connectivity index (χ2v) is 5.88. The number of amides is 1. The minimum Gasteiger partial charge on any atom is -0.496 e. The van der Waals surface area contributed by atoms with Crippen LogP contribution in [0.15, 0.2) is 18.2 Å². The van der Waals surface area contributed by atoms with Gasteiger partial charge < -0.3 is 4.74 Å². The summed E-state index contributed by atoms with van der Waals surface area (Å²) >= 11 is 0. The topological polar surface area (TPSA) is 41.6 Å². The number of methoxy groups -OCH3 is 1. The Bertz CT molecular complexity index is 448. The van der Waals surface area contributed by atoms with Crippen molar-refractivity contribution < 1.29 is 9.53 Å². The van der Waals surface area contributed by atoms with Gasteiger partial charge in [-0.15, -0.1) is 0 Å². The second-order valence-electron chi connectivity index (χ2n) is 5.88. The number of carbonyl (C=O) groups is 1. The molecule has 0 radical (unpaired) electrons. The molecule has 1 amide bonds. The summed E-state index contributed by atoms with van der Waals surface area (Å²) in [4.78, 5) is 11.8. The van der Waals surface area contributed by atoms with Crippen molar-refractivity contribution in [2.45, 2.75) is 32.6 Å². The number of nitrogens with one attached hydrogen (secondary N) is 1. The second kappa shape index (κ2) is 6.06. The number of hydrogen-bond donors (Lipinski definition) is 1. The maximum absolute atomic E-state index is 11.8. The van der Waals surface area contributed by atoms with Gasteiger partial charge in [-0.05, 0) is 17.0 Å². The zero-order valence-electron chi connectivity index (χ0n) is 12.7. The molecule has 0 heterocycles. The van der Waals surface area contributed by atoms with Crippen LogP contribution in [0.25, 0.3) is 0 Å². The van der Waals surface area contributed by atoms with Gasteiger partial charge in [-0.1, -0.05) is 32.9 Å². The third kappa shape index (κ3) is 4.56. The van der Waals surface area contributed by atoms with Crippen LogP contribution >= 0.6 is 0 Å². The van der Waals surface area contributed by atoms with E-state index in [1.807, 2.05) is 18.2 Å². The number of ether oxygens (including phenoxy) is 1. The Kier molecular flexibility index (Phi) is 4.95. The first-order valence-electron chi connectivity index (χ1n) is 6.38. The summed E-state index contributed by atoms with van der Waals surface area (Å²) < 4.78 is 5.33. The summed E-state index contributed by atoms with van der Waals surface area (Å²) in [5.74, 6) is 0.705. The number of rotatable bonds is 4. The lowest BCUT2D eigenvalue weighted by Crippen LogP contribution is -2.37. The maximum atomic E-state index is 11.8. The molecule has 1 N–H and O–H groups in total. The molecule has 0 bridgehead atoms. The van der Waals surface area contributed by atoms with E-state index in [0.29, 0.717) is 6.42 Å². The highest BCUT2D eigenvalue weighted by Crippen LogP contribution is 2.28. The van der Waals surface area contributed by atoms with Crippen molar-refractivity contribution in [2.75, 3.05) is 21.2 Å². The fraction of sp³-hybridized carbons (Fsp3) is 0.533. The Morgan fingerprint density at radius 2 is 1.95 bits per heavy atom. The van der Waals surface area contributed by atoms with Gasteiger partial charge in [0.15, 0.2) is 0 Å². The predicted octanol–water partition coefficient (Wildman–Crippen LogP) is 2.13. The van der Waals surface area contributed by atoms with Gasteiger partial charge in [-0.2, -0.15) is 0 Å². The fourth-order valence-electron chi connectivity index (χ4n) is 1.85. The van der Waals surface area contributed by atoms with E-state index in [2.05, 4.69) is 26.2 Å². The molecule has 106 valence electrons. The van der Waals surface area contributed by atoms with E-state index in [4.69, 9.17) is 4.74 Å². The Morgan fingerprint density at radius 3 is 2.42 bits per heavy atom. The monoisotopic (exact) mass is 264 g/mol. The predicted molar refractivity (Wildman–Crippen MR) is 77.2 cm³/mol. The van der Waals surface area contributed by atoms with E-state index in [0.717, 1.165) is 11.3 Å². The molecule has 0 saturated carbocycles. The van der Waals surface area contributed by atoms with Gasteiger partial charge in [0.1, 0.15) is 5.75 Å². The molecule has 0 saturated heterocycles. The van der Waals surface area contributed by atoms with Crippen LogP contribution < -0.4 is 10.2 Å². The molecule has 1 aromatic rings. The van der Waals surface area contributed by atoms with Gasteiger partial charge in [-0.3, -0.25) is 10.2 Å². The molecule has 1 rings (SSSR count). The Morgan fingerprint density at radius 1 is 1.32 bits per heavy atom. The summed E-state index contributed by atoms with van der Waals surface area (Å²) in [6.45, 7) is 6.45. The van der Waals surface area contributed by atoms with Crippen LogP contribution in [0, 0.1) is 0 Å². The van der Waals surface area contributed by atoms with Crippen LogP contribution in [0.1, 0.15) is 31.9 Å². The van der Waals surface area contributed by atoms with Crippen molar-refractivity contribution in [3.63, 3.8) is 0 Å². The molecular formula is C15H24N2O2. The van der Waals surface area contributed by atoms with Crippen LogP contribution in [0.4, 0.5) is 0 Å². The summed E-state index contributed by atoms with van der Waals surface area (Å²) in [5.41, 5.74) is 4.90. The highest BCUT2D eigenvalue weighted by Gasteiger charge is 2.17. The first-order valence-corrected chi connectivity index (χ1v) is 6.38. The molecule has 0 unspecified atom stereocenters. The lowest BCUT2D eigenvalue weighted by molar-refractivity contribution is -0.124. The first kappa shape index (κ1) is 15.5. The number of benzene rings is 1. The summed E-state index contributed by atoms with van der Waals surface area (Å²) in [5, 5.41) is 1.64. The molecule has 0 fully saturated rings. The Balaban J connectivity index is 3.00. The summed E-state index contributed by atoms with van der Waals surface area (Å²) in [6.07, 6.45) is 0.311. The molecule has 0 spiro atoms. The normalized spacial score (nSPS) is 11.5. The highest BCUT2D eigenvalue weighted by molar-refractivity contribution is 5.79. The van der Waals surface area contributed by atoms with Crippen LogP contribution in [0.5, 0.6) is 5.75 Å². The molecule has 0 aromatic heterocycles. The average molecular weight is 264 g/mol. The van der Waals surface area contributed by atoms with Crippen molar-refractivity contribution in [2.24, 2.45) is 0 Å². The van der Waals surface area contributed by atoms with Gasteiger partial charge in [0.25, 0.3) is 0 Å². The molecule has 19 heavy (non-hydrogen) atoms. The largest absolute Gasteiger partial charge is 0.496 e. The molecule has 0 aliphatic carbocycles. The molecule has 0 aliphatic rings. The maximum Gasteiger partial charge on any atom is 0.238 e. The van der Waals surface area contributed by atoms with Crippen LogP contribution in [0.2, 0.25) is 0 Å². The number of hydrazine groups is 1. The van der Waals surface area contributed by atoms with Crippen molar-refractivity contribution >= 4 is 5.91 Å². The van der Waals surface area contributed by atoms with Gasteiger partial charge in [0.05, 0.1) is 13.5 Å². The average Bonchev–Trinajstić information content (AvgIpc) is 2.26. The number of nitrogens with zero attached hydrogens (tertiary/aromatic N) is 1. The van der Waals surface area contributed by atoms with Gasteiger partial charge in [-0.25, -0.2) is 5.01 Å². The van der Waals surface area contributed by atoms with Crippen molar-refractivity contribution in [3.8, 4) is 5.75 Å². The quantitative estimate of drug-likeness (QED) is 0.847. The van der Waals surface area contributed by atoms with Gasteiger partial charge in [0, 0.05) is 19.7 Å². The number of carbonyl (C=O) groups excluding carboxylic acids is 1. The van der Waals surface area contributed by atoms with E-state index >= 15 is 0 Å². The summed E-state index contributed by atoms with van der Waals surface area (Å²) in [7, 11) is 5.21. The van der Waals surface area contributed by atoms with Crippen molar-refractivity contribution in [1.29, 1.82) is 0 Å². The van der Waals surface area contributed by atoms with Crippen molar-refractivity contribution in [1.82, 2.24) is 10.4 Å². The minimum atomic E-state index is -0.0469. The van der Waals surface area contributed by atoms with Crippen molar-refractivity contribution in [3.05, 3.63) is 29.3 Å². The molecule has 4 nitrogen and oxygen atoms in total. The van der Waals surface area contributed by atoms with Crippen LogP contribution in [0.3, 0.4) is 0 Å². The molecule has 1 aromatic carbocycles. The fourth-order valence-corrected chi connectivity index (χ4v) is 1.85. The van der Waals surface area contributed by atoms with E-state index < -0.39 is 0 Å². The smallest absolute Gasteiger partial charge is 0.238 e. The summed E-state index contributed by atoms with van der Waals surface area (Å²) in [6, 6.07) is 6.03. The Labute approximate surface area is 115 Å². The van der Waals surface area contributed by atoms with E-state index in [1.165, 1.54) is 5.56 Å². The Hall–Kier alpha value is -1.55. The number of hydrogen-bond acceptors (Lipinski definition) is 3. The molecule has 0 aliphatic heterocycles. The lowest BCUT2D eigenvalue weighted by Gasteiger charge is -2.21. The first-order chi connectivity index (χ1) is 8.74. The van der Waals surface area contributed by atoms with E-state index in [9.17, 15) is 4.79 Å². The highest BCUT2D eigenvalue weighted by atomic mass is 16.5. The van der Waals surface area contributed by atoms with E-state index in [1.54, 1.807) is 26.2 Å².